The number of anilines is 1. The van der Waals surface area contributed by atoms with Crippen molar-refractivity contribution < 1.29 is 19.4 Å². The molecule has 0 unspecified atom stereocenters. The van der Waals surface area contributed by atoms with E-state index in [0.29, 0.717) is 10.7 Å². The Morgan fingerprint density at radius 1 is 1.20 bits per heavy atom. The minimum Gasteiger partial charge on any atom is -0.407 e. The Bertz CT molecular complexity index is 766. The van der Waals surface area contributed by atoms with Crippen molar-refractivity contribution in [1.29, 1.82) is 0 Å². The number of hydrogen-bond acceptors (Lipinski definition) is 4. The summed E-state index contributed by atoms with van der Waals surface area (Å²) in [6, 6.07) is 15.8. The largest absolute Gasteiger partial charge is 0.410 e. The molecule has 0 saturated carbocycles. The van der Waals surface area contributed by atoms with Gasteiger partial charge in [-0.2, -0.15) is 0 Å². The van der Waals surface area contributed by atoms with E-state index in [1.807, 2.05) is 6.07 Å². The van der Waals surface area contributed by atoms with Gasteiger partial charge in [0.2, 0.25) is 0 Å². The first-order valence-corrected chi connectivity index (χ1v) is 8.16. The summed E-state index contributed by atoms with van der Waals surface area (Å²) in [5.74, 6) is -2.81. The Balaban J connectivity index is 1.59. The fraction of sp³-hybridized carbons (Fsp3) is 0.222. The monoisotopic (exact) mass is 360 g/mol. The zero-order chi connectivity index (χ0) is 17.9. The molecule has 1 heterocycles. The van der Waals surface area contributed by atoms with Crippen molar-refractivity contribution in [3.05, 3.63) is 65.2 Å². The first kappa shape index (κ1) is 17.3. The third kappa shape index (κ3) is 3.92. The minimum atomic E-state index is -2.15. The number of nitrogens with zero attached hydrogens (tertiary/aromatic N) is 1. The molecular formula is C18H17ClN2O4. The van der Waals surface area contributed by atoms with Gasteiger partial charge in [-0.1, -0.05) is 41.9 Å². The van der Waals surface area contributed by atoms with E-state index in [-0.39, 0.29) is 19.5 Å². The Labute approximate surface area is 150 Å². The number of nitrogens with one attached hydrogen (secondary N) is 1. The zero-order valence-corrected chi connectivity index (χ0v) is 14.1. The lowest BCUT2D eigenvalue weighted by molar-refractivity contribution is -0.175. The molecule has 2 aromatic rings. The number of rotatable bonds is 4. The fourth-order valence-corrected chi connectivity index (χ4v) is 2.72. The van der Waals surface area contributed by atoms with Gasteiger partial charge in [0.25, 0.3) is 11.7 Å². The van der Waals surface area contributed by atoms with E-state index >= 15 is 0 Å². The van der Waals surface area contributed by atoms with E-state index in [1.54, 1.807) is 48.5 Å². The number of para-hydroxylation sites is 1. The summed E-state index contributed by atoms with van der Waals surface area (Å²) in [7, 11) is 0. The number of benzene rings is 2. The normalized spacial score (nSPS) is 19.8. The maximum Gasteiger partial charge on any atom is 0.410 e. The highest BCUT2D eigenvalue weighted by molar-refractivity contribution is 6.30. The maximum atomic E-state index is 12.4. The van der Waals surface area contributed by atoms with Gasteiger partial charge in [0.1, 0.15) is 0 Å². The Morgan fingerprint density at radius 2 is 1.88 bits per heavy atom. The first-order valence-electron chi connectivity index (χ1n) is 7.79. The van der Waals surface area contributed by atoms with Crippen molar-refractivity contribution in [3.8, 4) is 0 Å². The summed E-state index contributed by atoms with van der Waals surface area (Å²) in [6.07, 6.45) is -0.851. The van der Waals surface area contributed by atoms with Crippen LogP contribution in [-0.2, 0) is 16.1 Å². The van der Waals surface area contributed by atoms with Crippen LogP contribution < -0.4 is 10.2 Å². The fourth-order valence-electron chi connectivity index (χ4n) is 2.60. The molecule has 2 amide bonds. The second-order valence-electron chi connectivity index (χ2n) is 5.70. The molecule has 6 nitrogen and oxygen atoms in total. The molecule has 130 valence electrons. The van der Waals surface area contributed by atoms with Crippen molar-refractivity contribution in [2.24, 2.45) is 0 Å². The molecule has 1 aliphatic heterocycles. The molecule has 3 rings (SSSR count). The van der Waals surface area contributed by atoms with Gasteiger partial charge in [-0.15, -0.1) is 0 Å². The molecule has 1 fully saturated rings. The Hall–Kier alpha value is -2.57. The van der Waals surface area contributed by atoms with Crippen LogP contribution in [0.25, 0.3) is 0 Å². The van der Waals surface area contributed by atoms with E-state index in [0.717, 1.165) is 5.56 Å². The van der Waals surface area contributed by atoms with Crippen molar-refractivity contribution in [2.45, 2.75) is 18.8 Å². The molecule has 0 aromatic heterocycles. The van der Waals surface area contributed by atoms with E-state index < -0.39 is 17.8 Å². The minimum absolute atomic E-state index is 0.00902. The number of alkyl carbamates (subject to hydrolysis) is 1. The van der Waals surface area contributed by atoms with Crippen molar-refractivity contribution in [1.82, 2.24) is 5.32 Å². The van der Waals surface area contributed by atoms with Crippen LogP contribution in [0.1, 0.15) is 12.0 Å². The predicted molar refractivity (Wildman–Crippen MR) is 93.1 cm³/mol. The summed E-state index contributed by atoms with van der Waals surface area (Å²) >= 11 is 5.80. The SMILES string of the molecule is O=C(NCc1ccc(Cl)cc1)O[C@@]1(O)CCN(c2ccccc2)C1=O. The molecule has 25 heavy (non-hydrogen) atoms. The van der Waals surface area contributed by atoms with Crippen LogP contribution in [0.4, 0.5) is 10.5 Å². The molecule has 2 N–H and O–H groups in total. The number of aliphatic hydroxyl groups is 1. The number of carbonyl (C=O) groups excluding carboxylic acids is 2. The maximum absolute atomic E-state index is 12.4. The smallest absolute Gasteiger partial charge is 0.407 e. The number of hydrogen-bond donors (Lipinski definition) is 2. The van der Waals surface area contributed by atoms with Crippen molar-refractivity contribution in [2.75, 3.05) is 11.4 Å². The summed E-state index contributed by atoms with van der Waals surface area (Å²) < 4.78 is 5.00. The predicted octanol–water partition coefficient (Wildman–Crippen LogP) is 2.69. The molecule has 2 aromatic carbocycles. The second-order valence-corrected chi connectivity index (χ2v) is 6.13. The van der Waals surface area contributed by atoms with Gasteiger partial charge in [0, 0.05) is 30.2 Å². The summed E-state index contributed by atoms with van der Waals surface area (Å²) in [6.45, 7) is 0.465. The quantitative estimate of drug-likeness (QED) is 0.822. The van der Waals surface area contributed by atoms with Crippen LogP contribution in [0.5, 0.6) is 0 Å². The molecule has 1 aliphatic rings. The lowest BCUT2D eigenvalue weighted by Crippen LogP contribution is -2.46. The highest BCUT2D eigenvalue weighted by atomic mass is 35.5. The number of halogens is 1. The van der Waals surface area contributed by atoms with Gasteiger partial charge >= 0.3 is 6.09 Å². The molecule has 1 saturated heterocycles. The van der Waals surface area contributed by atoms with Crippen LogP contribution in [0.2, 0.25) is 5.02 Å². The average Bonchev–Trinajstić information content (AvgIpc) is 2.90. The molecule has 7 heteroatoms. The highest BCUT2D eigenvalue weighted by Gasteiger charge is 2.49. The molecule has 0 bridgehead atoms. The van der Waals surface area contributed by atoms with Gasteiger partial charge in [-0.05, 0) is 29.8 Å². The van der Waals surface area contributed by atoms with Crippen molar-refractivity contribution in [3.63, 3.8) is 0 Å². The topological polar surface area (TPSA) is 78.9 Å². The van der Waals surface area contributed by atoms with Gasteiger partial charge in [0.15, 0.2) is 0 Å². The number of carbonyl (C=O) groups is 2. The van der Waals surface area contributed by atoms with Crippen molar-refractivity contribution >= 4 is 29.3 Å². The molecular weight excluding hydrogens is 344 g/mol. The number of ether oxygens (including phenoxy) is 1. The van der Waals surface area contributed by atoms with Gasteiger partial charge in [0.05, 0.1) is 0 Å². The van der Waals surface area contributed by atoms with Crippen LogP contribution in [-0.4, -0.2) is 29.4 Å². The van der Waals surface area contributed by atoms with Crippen LogP contribution in [0.3, 0.4) is 0 Å². The third-order valence-electron chi connectivity index (χ3n) is 3.93. The van der Waals surface area contributed by atoms with Gasteiger partial charge in [-0.25, -0.2) is 4.79 Å². The lowest BCUT2D eigenvalue weighted by atomic mass is 10.2. The first-order chi connectivity index (χ1) is 12.0. The van der Waals surface area contributed by atoms with E-state index in [2.05, 4.69) is 5.32 Å². The molecule has 0 spiro atoms. The van der Waals surface area contributed by atoms with E-state index in [1.165, 1.54) is 4.90 Å². The molecule has 0 aliphatic carbocycles. The van der Waals surface area contributed by atoms with E-state index in [9.17, 15) is 14.7 Å². The zero-order valence-electron chi connectivity index (χ0n) is 13.3. The highest BCUT2D eigenvalue weighted by Crippen LogP contribution is 2.29. The van der Waals surface area contributed by atoms with Crippen LogP contribution in [0.15, 0.2) is 54.6 Å². The van der Waals surface area contributed by atoms with Crippen LogP contribution in [0, 0.1) is 0 Å². The summed E-state index contributed by atoms with van der Waals surface area (Å²) in [5.41, 5.74) is 1.46. The average molecular weight is 361 g/mol. The summed E-state index contributed by atoms with van der Waals surface area (Å²) in [4.78, 5) is 25.8. The Kier molecular flexibility index (Phi) is 4.92. The van der Waals surface area contributed by atoms with E-state index in [4.69, 9.17) is 16.3 Å². The number of amides is 2. The molecule has 1 atom stereocenters. The lowest BCUT2D eigenvalue weighted by Gasteiger charge is -2.22. The summed E-state index contributed by atoms with van der Waals surface area (Å²) in [5, 5.41) is 13.5. The standard InChI is InChI=1S/C18H17ClN2O4/c19-14-8-6-13(7-9-14)12-20-17(23)25-18(24)10-11-21(16(18)22)15-4-2-1-3-5-15/h1-9,24H,10-12H2,(H,20,23)/t18-/m0/s1. The van der Waals surface area contributed by atoms with Crippen LogP contribution >= 0.6 is 11.6 Å². The van der Waals surface area contributed by atoms with Gasteiger partial charge < -0.3 is 20.1 Å². The van der Waals surface area contributed by atoms with Gasteiger partial charge in [-0.3, -0.25) is 4.79 Å². The second kappa shape index (κ2) is 7.13. The molecule has 0 radical (unpaired) electrons. The Morgan fingerprint density at radius 3 is 2.56 bits per heavy atom. The third-order valence-corrected chi connectivity index (χ3v) is 4.19.